The molecule has 0 aliphatic carbocycles. The van der Waals surface area contributed by atoms with Gasteiger partial charge in [0.05, 0.1) is 6.26 Å². The first-order chi connectivity index (χ1) is 14.0. The van der Waals surface area contributed by atoms with Gasteiger partial charge < -0.3 is 24.9 Å². The minimum Gasteiger partial charge on any atom is -0.459 e. The van der Waals surface area contributed by atoms with Crippen molar-refractivity contribution in [1.82, 2.24) is 15.5 Å². The Morgan fingerprint density at radius 3 is 2.41 bits per heavy atom. The largest absolute Gasteiger partial charge is 0.459 e. The van der Waals surface area contributed by atoms with E-state index in [0.717, 1.165) is 18.8 Å². The zero-order valence-electron chi connectivity index (χ0n) is 16.5. The van der Waals surface area contributed by atoms with Gasteiger partial charge in [0.25, 0.3) is 5.91 Å². The smallest absolute Gasteiger partial charge is 0.287 e. The van der Waals surface area contributed by atoms with Gasteiger partial charge in [0.15, 0.2) is 5.76 Å². The number of piperazine rings is 1. The summed E-state index contributed by atoms with van der Waals surface area (Å²) >= 11 is 0. The summed E-state index contributed by atoms with van der Waals surface area (Å²) in [5, 5.41) is 5.25. The van der Waals surface area contributed by atoms with Crippen LogP contribution in [0.3, 0.4) is 0 Å². The summed E-state index contributed by atoms with van der Waals surface area (Å²) in [6, 6.07) is 12.5. The van der Waals surface area contributed by atoms with E-state index in [0.29, 0.717) is 13.1 Å². The molecule has 0 saturated carbocycles. The molecule has 1 saturated heterocycles. The molecule has 2 N–H and O–H groups in total. The zero-order valence-corrected chi connectivity index (χ0v) is 16.5. The second kappa shape index (κ2) is 9.77. The summed E-state index contributed by atoms with van der Waals surface area (Å²) in [5.41, 5.74) is 1.16. The predicted octanol–water partition coefficient (Wildman–Crippen LogP) is 1.25. The number of amides is 3. The monoisotopic (exact) mass is 398 g/mol. The number of benzene rings is 1. The first-order valence-electron chi connectivity index (χ1n) is 9.74. The van der Waals surface area contributed by atoms with Crippen LogP contribution in [-0.2, 0) is 9.59 Å². The van der Waals surface area contributed by atoms with Crippen LogP contribution >= 0.6 is 0 Å². The van der Waals surface area contributed by atoms with Crippen molar-refractivity contribution in [3.63, 3.8) is 0 Å². The molecule has 29 heavy (non-hydrogen) atoms. The highest BCUT2D eigenvalue weighted by Gasteiger charge is 2.22. The number of rotatable bonds is 7. The Morgan fingerprint density at radius 1 is 1.03 bits per heavy atom. The van der Waals surface area contributed by atoms with E-state index in [9.17, 15) is 14.4 Å². The van der Waals surface area contributed by atoms with E-state index in [1.165, 1.54) is 12.3 Å². The van der Waals surface area contributed by atoms with Crippen molar-refractivity contribution in [3.8, 4) is 0 Å². The fourth-order valence-corrected chi connectivity index (χ4v) is 3.20. The SMILES string of the molecule is CC(NC(=O)c1ccco1)C(=O)NCCC(=O)N1CCN(c2ccccc2)CC1. The van der Waals surface area contributed by atoms with Crippen molar-refractivity contribution < 1.29 is 18.8 Å². The Morgan fingerprint density at radius 2 is 1.76 bits per heavy atom. The number of hydrogen-bond donors (Lipinski definition) is 2. The molecular formula is C21H26N4O4. The van der Waals surface area contributed by atoms with E-state index in [2.05, 4.69) is 27.7 Å². The summed E-state index contributed by atoms with van der Waals surface area (Å²) < 4.78 is 4.99. The molecule has 8 nitrogen and oxygen atoms in total. The molecule has 1 unspecified atom stereocenters. The highest BCUT2D eigenvalue weighted by molar-refractivity contribution is 5.95. The number of nitrogens with zero attached hydrogens (tertiary/aromatic N) is 2. The van der Waals surface area contributed by atoms with Gasteiger partial charge >= 0.3 is 0 Å². The number of anilines is 1. The van der Waals surface area contributed by atoms with Gasteiger partial charge in [-0.3, -0.25) is 14.4 Å². The number of carbonyl (C=O) groups excluding carboxylic acids is 3. The topological polar surface area (TPSA) is 94.9 Å². The maximum atomic E-state index is 12.4. The van der Waals surface area contributed by atoms with E-state index in [1.807, 2.05) is 23.1 Å². The summed E-state index contributed by atoms with van der Waals surface area (Å²) in [4.78, 5) is 40.5. The van der Waals surface area contributed by atoms with Gasteiger partial charge in [-0.25, -0.2) is 0 Å². The van der Waals surface area contributed by atoms with Crippen LogP contribution in [-0.4, -0.2) is 61.4 Å². The molecule has 0 radical (unpaired) electrons. The fraction of sp³-hybridized carbons (Fsp3) is 0.381. The van der Waals surface area contributed by atoms with E-state index >= 15 is 0 Å². The lowest BCUT2D eigenvalue weighted by Crippen LogP contribution is -2.50. The minimum atomic E-state index is -0.725. The maximum absolute atomic E-state index is 12.4. The number of hydrogen-bond acceptors (Lipinski definition) is 5. The van der Waals surface area contributed by atoms with Crippen LogP contribution in [0.15, 0.2) is 53.1 Å². The van der Waals surface area contributed by atoms with Crippen molar-refractivity contribution in [2.75, 3.05) is 37.6 Å². The number of para-hydroxylation sites is 1. The molecule has 2 aromatic rings. The highest BCUT2D eigenvalue weighted by atomic mass is 16.3. The molecule has 1 aliphatic rings. The van der Waals surface area contributed by atoms with Gasteiger partial charge in [0.1, 0.15) is 6.04 Å². The number of furan rings is 1. The standard InChI is InChI=1S/C21H26N4O4/c1-16(23-21(28)18-8-5-15-29-18)20(27)22-10-9-19(26)25-13-11-24(12-14-25)17-6-3-2-4-7-17/h2-8,15-16H,9-14H2,1H3,(H,22,27)(H,23,28). The Balaban J connectivity index is 1.35. The molecule has 1 aliphatic heterocycles. The second-order valence-electron chi connectivity index (χ2n) is 6.92. The molecule has 0 bridgehead atoms. The minimum absolute atomic E-state index is 0.0188. The lowest BCUT2D eigenvalue weighted by molar-refractivity contribution is -0.131. The van der Waals surface area contributed by atoms with Crippen LogP contribution in [0, 0.1) is 0 Å². The van der Waals surface area contributed by atoms with Crippen LogP contribution in [0.2, 0.25) is 0 Å². The van der Waals surface area contributed by atoms with E-state index in [-0.39, 0.29) is 30.5 Å². The third-order valence-corrected chi connectivity index (χ3v) is 4.88. The average molecular weight is 398 g/mol. The van der Waals surface area contributed by atoms with Crippen molar-refractivity contribution in [3.05, 3.63) is 54.5 Å². The Bertz CT molecular complexity index is 814. The molecule has 1 atom stereocenters. The molecule has 3 amide bonds. The van der Waals surface area contributed by atoms with Crippen molar-refractivity contribution in [1.29, 1.82) is 0 Å². The van der Waals surface area contributed by atoms with Crippen LogP contribution < -0.4 is 15.5 Å². The van der Waals surface area contributed by atoms with Crippen LogP contribution in [0.1, 0.15) is 23.9 Å². The Hall–Kier alpha value is -3.29. The van der Waals surface area contributed by atoms with Gasteiger partial charge in [-0.2, -0.15) is 0 Å². The summed E-state index contributed by atoms with van der Waals surface area (Å²) in [6.45, 7) is 4.73. The van der Waals surface area contributed by atoms with E-state index in [1.54, 1.807) is 13.0 Å². The quantitative estimate of drug-likeness (QED) is 0.732. The lowest BCUT2D eigenvalue weighted by Gasteiger charge is -2.36. The molecule has 8 heteroatoms. The summed E-state index contributed by atoms with van der Waals surface area (Å²) in [6.07, 6.45) is 1.63. The number of nitrogens with one attached hydrogen (secondary N) is 2. The molecular weight excluding hydrogens is 372 g/mol. The third kappa shape index (κ3) is 5.60. The van der Waals surface area contributed by atoms with Crippen molar-refractivity contribution >= 4 is 23.4 Å². The lowest BCUT2D eigenvalue weighted by atomic mass is 10.2. The van der Waals surface area contributed by atoms with Crippen LogP contribution in [0.4, 0.5) is 5.69 Å². The van der Waals surface area contributed by atoms with Crippen LogP contribution in [0.25, 0.3) is 0 Å². The van der Waals surface area contributed by atoms with Gasteiger partial charge in [0, 0.05) is 44.8 Å². The van der Waals surface area contributed by atoms with Crippen molar-refractivity contribution in [2.45, 2.75) is 19.4 Å². The van der Waals surface area contributed by atoms with E-state index < -0.39 is 11.9 Å². The fourth-order valence-electron chi connectivity index (χ4n) is 3.20. The normalized spacial score (nSPS) is 14.9. The molecule has 154 valence electrons. The summed E-state index contributed by atoms with van der Waals surface area (Å²) in [7, 11) is 0. The molecule has 1 aromatic heterocycles. The molecule has 1 aromatic carbocycles. The molecule has 0 spiro atoms. The average Bonchev–Trinajstić information content (AvgIpc) is 3.29. The van der Waals surface area contributed by atoms with Gasteiger partial charge in [0.2, 0.25) is 11.8 Å². The zero-order chi connectivity index (χ0) is 20.6. The Labute approximate surface area is 169 Å². The van der Waals surface area contributed by atoms with Gasteiger partial charge in [-0.05, 0) is 31.2 Å². The van der Waals surface area contributed by atoms with E-state index in [4.69, 9.17) is 4.42 Å². The van der Waals surface area contributed by atoms with Crippen molar-refractivity contribution in [2.24, 2.45) is 0 Å². The summed E-state index contributed by atoms with van der Waals surface area (Å²) in [5.74, 6) is -0.628. The second-order valence-corrected chi connectivity index (χ2v) is 6.92. The third-order valence-electron chi connectivity index (χ3n) is 4.88. The van der Waals surface area contributed by atoms with Gasteiger partial charge in [-0.15, -0.1) is 0 Å². The highest BCUT2D eigenvalue weighted by Crippen LogP contribution is 2.15. The predicted molar refractivity (Wildman–Crippen MR) is 108 cm³/mol. The maximum Gasteiger partial charge on any atom is 0.287 e. The Kier molecular flexibility index (Phi) is 6.89. The van der Waals surface area contributed by atoms with Crippen LogP contribution in [0.5, 0.6) is 0 Å². The van der Waals surface area contributed by atoms with Gasteiger partial charge in [-0.1, -0.05) is 18.2 Å². The number of carbonyl (C=O) groups is 3. The first kappa shape index (κ1) is 20.4. The molecule has 1 fully saturated rings. The molecule has 2 heterocycles. The first-order valence-corrected chi connectivity index (χ1v) is 9.74. The molecule has 3 rings (SSSR count).